The summed E-state index contributed by atoms with van der Waals surface area (Å²) >= 11 is 0. The molecular weight excluding hydrogens is 132 g/mol. The predicted molar refractivity (Wildman–Crippen MR) is 51.6 cm³/mol. The lowest BCUT2D eigenvalue weighted by atomic mass is 10.00. The third kappa shape index (κ3) is 5.94. The van der Waals surface area contributed by atoms with Crippen LogP contribution in [0.3, 0.4) is 0 Å². The summed E-state index contributed by atoms with van der Waals surface area (Å²) in [7, 11) is 0. The molecule has 0 aromatic rings. The van der Waals surface area contributed by atoms with E-state index in [2.05, 4.69) is 33.1 Å². The van der Waals surface area contributed by atoms with E-state index >= 15 is 0 Å². The van der Waals surface area contributed by atoms with Crippen LogP contribution in [0.25, 0.3) is 0 Å². The van der Waals surface area contributed by atoms with Crippen molar-refractivity contribution in [2.24, 2.45) is 5.92 Å². The molecule has 0 N–H and O–H groups in total. The normalized spacial score (nSPS) is 12.3. The minimum absolute atomic E-state index is 0.882. The summed E-state index contributed by atoms with van der Waals surface area (Å²) in [6.07, 6.45) is 5.11. The number of rotatable bonds is 5. The molecule has 0 nitrogen and oxygen atoms in total. The molecule has 0 saturated heterocycles. The highest BCUT2D eigenvalue weighted by molar-refractivity contribution is 4.93. The van der Waals surface area contributed by atoms with Gasteiger partial charge in [0.15, 0.2) is 0 Å². The lowest BCUT2D eigenvalue weighted by Crippen LogP contribution is -1.91. The molecule has 0 aromatic carbocycles. The van der Waals surface area contributed by atoms with Gasteiger partial charge in [-0.2, -0.15) is 0 Å². The van der Waals surface area contributed by atoms with Crippen molar-refractivity contribution in [3.05, 3.63) is 17.9 Å². The fraction of sp³-hybridized carbons (Fsp3) is 0.727. The Morgan fingerprint density at radius 1 is 1.55 bits per heavy atom. The topological polar surface area (TPSA) is 0 Å². The molecule has 1 atom stereocenters. The van der Waals surface area contributed by atoms with Gasteiger partial charge in [-0.15, -0.1) is 5.73 Å². The summed E-state index contributed by atoms with van der Waals surface area (Å²) < 4.78 is 0. The van der Waals surface area contributed by atoms with Gasteiger partial charge >= 0.3 is 0 Å². The minimum atomic E-state index is 0.882. The Hall–Kier alpha value is -0.480. The lowest BCUT2D eigenvalue weighted by molar-refractivity contribution is 0.495. The average Bonchev–Trinajstić information content (AvgIpc) is 2.04. The van der Waals surface area contributed by atoms with Crippen molar-refractivity contribution in [1.29, 1.82) is 0 Å². The molecule has 0 aliphatic heterocycles. The van der Waals surface area contributed by atoms with Crippen LogP contribution in [0.4, 0.5) is 0 Å². The van der Waals surface area contributed by atoms with Crippen molar-refractivity contribution in [3.8, 4) is 0 Å². The van der Waals surface area contributed by atoms with Crippen molar-refractivity contribution in [3.63, 3.8) is 0 Å². The fourth-order valence-electron chi connectivity index (χ4n) is 1.01. The smallest absolute Gasteiger partial charge is 0.0247 e. The highest BCUT2D eigenvalue weighted by atomic mass is 14.0. The summed E-state index contributed by atoms with van der Waals surface area (Å²) in [5.74, 6) is 0.882. The second kappa shape index (κ2) is 6.24. The third-order valence-corrected chi connectivity index (χ3v) is 2.25. The number of hydrogen-bond acceptors (Lipinski definition) is 0. The molecule has 0 amide bonds. The van der Waals surface area contributed by atoms with E-state index in [0.717, 1.165) is 5.92 Å². The third-order valence-electron chi connectivity index (χ3n) is 2.25. The maximum Gasteiger partial charge on any atom is -0.0247 e. The quantitative estimate of drug-likeness (QED) is 0.523. The van der Waals surface area contributed by atoms with Gasteiger partial charge in [0.05, 0.1) is 0 Å². The van der Waals surface area contributed by atoms with E-state index in [4.69, 9.17) is 0 Å². The molecule has 0 bridgehead atoms. The van der Waals surface area contributed by atoms with Crippen molar-refractivity contribution < 1.29 is 0 Å². The van der Waals surface area contributed by atoms with Crippen LogP contribution < -0.4 is 0 Å². The maximum absolute atomic E-state index is 3.62. The van der Waals surface area contributed by atoms with Gasteiger partial charge in [0, 0.05) is 0 Å². The van der Waals surface area contributed by atoms with Gasteiger partial charge in [-0.3, -0.25) is 0 Å². The molecule has 0 aliphatic rings. The molecule has 0 rings (SSSR count). The van der Waals surface area contributed by atoms with E-state index in [0.29, 0.717) is 0 Å². The molecule has 0 aromatic heterocycles. The zero-order valence-corrected chi connectivity index (χ0v) is 8.11. The highest BCUT2D eigenvalue weighted by Crippen LogP contribution is 2.13. The number of allylic oxidation sites excluding steroid dienone is 1. The summed E-state index contributed by atoms with van der Waals surface area (Å²) in [6, 6.07) is 0. The van der Waals surface area contributed by atoms with Crippen molar-refractivity contribution in [1.82, 2.24) is 0 Å². The van der Waals surface area contributed by atoms with Crippen LogP contribution in [-0.4, -0.2) is 0 Å². The monoisotopic (exact) mass is 152 g/mol. The second-order valence-corrected chi connectivity index (χ2v) is 3.36. The van der Waals surface area contributed by atoms with Gasteiger partial charge in [-0.05, 0) is 31.3 Å². The summed E-state index contributed by atoms with van der Waals surface area (Å²) in [5.41, 5.74) is 4.22. The van der Waals surface area contributed by atoms with Gasteiger partial charge in [0.1, 0.15) is 0 Å². The molecule has 0 saturated carbocycles. The predicted octanol–water partition coefficient (Wildman–Crippen LogP) is 3.93. The van der Waals surface area contributed by atoms with Crippen molar-refractivity contribution in [2.75, 3.05) is 0 Å². The van der Waals surface area contributed by atoms with Gasteiger partial charge in [-0.25, -0.2) is 0 Å². The standard InChI is InChI=1S/C11H20/c1-5-10(3)8-7-9-11(4)6-2/h11H,1,6-9H2,2-4H3. The first-order valence-electron chi connectivity index (χ1n) is 4.56. The van der Waals surface area contributed by atoms with Crippen LogP contribution in [0.2, 0.25) is 0 Å². The van der Waals surface area contributed by atoms with Crippen LogP contribution in [0.15, 0.2) is 17.9 Å². The first-order valence-corrected chi connectivity index (χ1v) is 4.56. The molecule has 0 aliphatic carbocycles. The first-order chi connectivity index (χ1) is 5.20. The highest BCUT2D eigenvalue weighted by Gasteiger charge is 1.97. The molecule has 64 valence electrons. The van der Waals surface area contributed by atoms with E-state index in [1.54, 1.807) is 0 Å². The van der Waals surface area contributed by atoms with Gasteiger partial charge in [0.2, 0.25) is 0 Å². The average molecular weight is 152 g/mol. The van der Waals surface area contributed by atoms with Crippen LogP contribution >= 0.6 is 0 Å². The molecule has 1 unspecified atom stereocenters. The van der Waals surface area contributed by atoms with Crippen LogP contribution in [0, 0.1) is 5.92 Å². The zero-order chi connectivity index (χ0) is 8.69. The Kier molecular flexibility index (Phi) is 5.97. The van der Waals surface area contributed by atoms with Crippen molar-refractivity contribution >= 4 is 0 Å². The molecule has 0 spiro atoms. The van der Waals surface area contributed by atoms with E-state index in [-0.39, 0.29) is 0 Å². The lowest BCUT2D eigenvalue weighted by Gasteiger charge is -2.06. The molecule has 11 heavy (non-hydrogen) atoms. The van der Waals surface area contributed by atoms with Crippen molar-refractivity contribution in [2.45, 2.75) is 46.5 Å². The van der Waals surface area contributed by atoms with Gasteiger partial charge in [0.25, 0.3) is 0 Å². The van der Waals surface area contributed by atoms with Crippen LogP contribution in [0.5, 0.6) is 0 Å². The Bertz CT molecular complexity index is 138. The Labute approximate surface area is 71.0 Å². The SMILES string of the molecule is C=C=C(C)CCCC(C)CC. The summed E-state index contributed by atoms with van der Waals surface area (Å²) in [4.78, 5) is 0. The fourth-order valence-corrected chi connectivity index (χ4v) is 1.01. The molecule has 0 heterocycles. The zero-order valence-electron chi connectivity index (χ0n) is 8.11. The largest absolute Gasteiger partial charge is 0.130 e. The molecular formula is C11H20. The van der Waals surface area contributed by atoms with E-state index in [9.17, 15) is 0 Å². The van der Waals surface area contributed by atoms with Gasteiger partial charge < -0.3 is 0 Å². The molecule has 0 heteroatoms. The molecule has 0 fully saturated rings. The Balaban J connectivity index is 3.34. The summed E-state index contributed by atoms with van der Waals surface area (Å²) in [5, 5.41) is 0. The molecule has 0 radical (unpaired) electrons. The summed E-state index contributed by atoms with van der Waals surface area (Å²) in [6.45, 7) is 10.3. The van der Waals surface area contributed by atoms with Gasteiger partial charge in [-0.1, -0.05) is 33.3 Å². The van der Waals surface area contributed by atoms with E-state index in [1.807, 2.05) is 0 Å². The minimum Gasteiger partial charge on any atom is -0.130 e. The number of hydrogen-bond donors (Lipinski definition) is 0. The van der Waals surface area contributed by atoms with Crippen LogP contribution in [0.1, 0.15) is 46.5 Å². The Morgan fingerprint density at radius 3 is 2.64 bits per heavy atom. The maximum atomic E-state index is 3.62. The first kappa shape index (κ1) is 10.5. The Morgan fingerprint density at radius 2 is 2.18 bits per heavy atom. The van der Waals surface area contributed by atoms with Crippen LogP contribution in [-0.2, 0) is 0 Å². The van der Waals surface area contributed by atoms with E-state index < -0.39 is 0 Å². The second-order valence-electron chi connectivity index (χ2n) is 3.36. The van der Waals surface area contributed by atoms with E-state index in [1.165, 1.54) is 31.3 Å².